The van der Waals surface area contributed by atoms with Gasteiger partial charge in [-0.3, -0.25) is 4.79 Å². The van der Waals surface area contributed by atoms with Gasteiger partial charge in [-0.1, -0.05) is 31.2 Å². The van der Waals surface area contributed by atoms with Crippen molar-refractivity contribution in [3.63, 3.8) is 0 Å². The Morgan fingerprint density at radius 1 is 1.43 bits per heavy atom. The molecule has 0 heterocycles. The van der Waals surface area contributed by atoms with Crippen LogP contribution in [0.25, 0.3) is 0 Å². The second kappa shape index (κ2) is 3.82. The quantitative estimate of drug-likeness (QED) is 0.780. The fraction of sp³-hybridized carbons (Fsp3) is 0.417. The molecule has 2 heteroatoms. The van der Waals surface area contributed by atoms with Crippen molar-refractivity contribution in [2.75, 3.05) is 0 Å². The molecule has 0 saturated heterocycles. The summed E-state index contributed by atoms with van der Waals surface area (Å²) in [4.78, 5) is 11.2. The molecular formula is C12H17NO. The number of carbonyl (C=O) groups excluding carboxylic acids is 1. The molecule has 76 valence electrons. The van der Waals surface area contributed by atoms with Crippen molar-refractivity contribution >= 4 is 5.91 Å². The monoisotopic (exact) mass is 191 g/mol. The third-order valence-corrected chi connectivity index (χ3v) is 2.67. The molecule has 0 fully saturated rings. The van der Waals surface area contributed by atoms with Gasteiger partial charge < -0.3 is 5.73 Å². The number of hydrogen-bond donors (Lipinski definition) is 1. The van der Waals surface area contributed by atoms with Gasteiger partial charge in [0.05, 0.1) is 5.41 Å². The lowest BCUT2D eigenvalue weighted by Crippen LogP contribution is -2.35. The van der Waals surface area contributed by atoms with E-state index in [4.69, 9.17) is 5.73 Å². The van der Waals surface area contributed by atoms with Crippen LogP contribution < -0.4 is 5.73 Å². The van der Waals surface area contributed by atoms with Crippen LogP contribution in [0.4, 0.5) is 0 Å². The Bertz CT molecular complexity index is 342. The number of aryl methyl sites for hydroxylation is 1. The van der Waals surface area contributed by atoms with E-state index in [0.717, 1.165) is 12.0 Å². The van der Waals surface area contributed by atoms with Crippen LogP contribution >= 0.6 is 0 Å². The van der Waals surface area contributed by atoms with E-state index in [9.17, 15) is 4.79 Å². The van der Waals surface area contributed by atoms with Gasteiger partial charge in [0.25, 0.3) is 0 Å². The minimum atomic E-state index is -0.578. The molecule has 1 rings (SSSR count). The Kier molecular flexibility index (Phi) is 2.94. The zero-order valence-corrected chi connectivity index (χ0v) is 9.00. The van der Waals surface area contributed by atoms with E-state index in [2.05, 4.69) is 13.0 Å². The number of amides is 1. The molecule has 0 spiro atoms. The number of nitrogens with two attached hydrogens (primary N) is 1. The SMILES string of the molecule is CCc1cccc(C(C)(C)C(N)=O)c1. The smallest absolute Gasteiger partial charge is 0.227 e. The molecule has 0 atom stereocenters. The average Bonchev–Trinajstić information content (AvgIpc) is 2.17. The van der Waals surface area contributed by atoms with Crippen LogP contribution in [0.5, 0.6) is 0 Å². The molecule has 0 unspecified atom stereocenters. The van der Waals surface area contributed by atoms with Crippen LogP contribution in [0.3, 0.4) is 0 Å². The van der Waals surface area contributed by atoms with Crippen molar-refractivity contribution in [1.82, 2.24) is 0 Å². The van der Waals surface area contributed by atoms with Crippen LogP contribution in [0.15, 0.2) is 24.3 Å². The van der Waals surface area contributed by atoms with Crippen LogP contribution in [-0.4, -0.2) is 5.91 Å². The molecule has 1 amide bonds. The molecule has 0 aliphatic rings. The fourth-order valence-electron chi connectivity index (χ4n) is 1.32. The van der Waals surface area contributed by atoms with Crippen molar-refractivity contribution in [1.29, 1.82) is 0 Å². The Balaban J connectivity index is 3.12. The molecule has 2 N–H and O–H groups in total. The first-order valence-electron chi connectivity index (χ1n) is 4.87. The van der Waals surface area contributed by atoms with E-state index >= 15 is 0 Å². The van der Waals surface area contributed by atoms with E-state index in [1.165, 1.54) is 5.56 Å². The van der Waals surface area contributed by atoms with Gasteiger partial charge in [-0.05, 0) is 31.4 Å². The lowest BCUT2D eigenvalue weighted by Gasteiger charge is -2.21. The first kappa shape index (κ1) is 10.8. The summed E-state index contributed by atoms with van der Waals surface area (Å²) in [6.07, 6.45) is 0.975. The largest absolute Gasteiger partial charge is 0.369 e. The molecule has 1 aromatic carbocycles. The maximum Gasteiger partial charge on any atom is 0.227 e. The molecular weight excluding hydrogens is 174 g/mol. The van der Waals surface area contributed by atoms with E-state index in [0.29, 0.717) is 0 Å². The minimum absolute atomic E-state index is 0.286. The van der Waals surface area contributed by atoms with Crippen molar-refractivity contribution in [2.24, 2.45) is 5.73 Å². The van der Waals surface area contributed by atoms with Gasteiger partial charge in [0.2, 0.25) is 5.91 Å². The zero-order chi connectivity index (χ0) is 10.8. The van der Waals surface area contributed by atoms with Gasteiger partial charge in [-0.2, -0.15) is 0 Å². The van der Waals surface area contributed by atoms with Crippen molar-refractivity contribution in [2.45, 2.75) is 32.6 Å². The molecule has 1 aromatic rings. The maximum absolute atomic E-state index is 11.2. The van der Waals surface area contributed by atoms with E-state index in [1.54, 1.807) is 0 Å². The van der Waals surface area contributed by atoms with Gasteiger partial charge in [0.15, 0.2) is 0 Å². The lowest BCUT2D eigenvalue weighted by atomic mass is 9.83. The lowest BCUT2D eigenvalue weighted by molar-refractivity contribution is -0.122. The molecule has 0 bridgehead atoms. The number of rotatable bonds is 3. The summed E-state index contributed by atoms with van der Waals surface area (Å²) < 4.78 is 0. The highest BCUT2D eigenvalue weighted by Crippen LogP contribution is 2.23. The second-order valence-corrected chi connectivity index (χ2v) is 4.04. The first-order chi connectivity index (χ1) is 6.48. The number of benzene rings is 1. The number of hydrogen-bond acceptors (Lipinski definition) is 1. The molecule has 0 aliphatic heterocycles. The summed E-state index contributed by atoms with van der Waals surface area (Å²) in [5.74, 6) is -0.286. The van der Waals surface area contributed by atoms with Crippen molar-refractivity contribution in [3.8, 4) is 0 Å². The number of carbonyl (C=O) groups is 1. The van der Waals surface area contributed by atoms with Crippen LogP contribution in [-0.2, 0) is 16.6 Å². The van der Waals surface area contributed by atoms with E-state index in [1.807, 2.05) is 32.0 Å². The summed E-state index contributed by atoms with van der Waals surface area (Å²) in [7, 11) is 0. The first-order valence-corrected chi connectivity index (χ1v) is 4.87. The highest BCUT2D eigenvalue weighted by Gasteiger charge is 2.26. The normalized spacial score (nSPS) is 11.4. The van der Waals surface area contributed by atoms with Crippen LogP contribution in [0.2, 0.25) is 0 Å². The minimum Gasteiger partial charge on any atom is -0.369 e. The van der Waals surface area contributed by atoms with E-state index in [-0.39, 0.29) is 5.91 Å². The van der Waals surface area contributed by atoms with E-state index < -0.39 is 5.41 Å². The second-order valence-electron chi connectivity index (χ2n) is 4.04. The zero-order valence-electron chi connectivity index (χ0n) is 9.00. The summed E-state index contributed by atoms with van der Waals surface area (Å²) in [6.45, 7) is 5.80. The molecule has 0 aliphatic carbocycles. The highest BCUT2D eigenvalue weighted by atomic mass is 16.1. The van der Waals surface area contributed by atoms with Crippen LogP contribution in [0.1, 0.15) is 31.9 Å². The van der Waals surface area contributed by atoms with Crippen molar-refractivity contribution < 1.29 is 4.79 Å². The standard InChI is InChI=1S/C12H17NO/c1-4-9-6-5-7-10(8-9)12(2,3)11(13)14/h5-8H,4H2,1-3H3,(H2,13,14). The summed E-state index contributed by atoms with van der Waals surface area (Å²) in [5, 5.41) is 0. The molecule has 0 saturated carbocycles. The maximum atomic E-state index is 11.2. The van der Waals surface area contributed by atoms with Gasteiger partial charge in [0.1, 0.15) is 0 Å². The Morgan fingerprint density at radius 3 is 2.57 bits per heavy atom. The topological polar surface area (TPSA) is 43.1 Å². The molecule has 0 radical (unpaired) electrons. The third kappa shape index (κ3) is 1.95. The predicted molar refractivity (Wildman–Crippen MR) is 58.0 cm³/mol. The average molecular weight is 191 g/mol. The summed E-state index contributed by atoms with van der Waals surface area (Å²) in [6, 6.07) is 8.02. The summed E-state index contributed by atoms with van der Waals surface area (Å²) in [5.41, 5.74) is 7.00. The Morgan fingerprint density at radius 2 is 2.07 bits per heavy atom. The Labute approximate surface area is 85.1 Å². The van der Waals surface area contributed by atoms with Crippen LogP contribution in [0, 0.1) is 0 Å². The number of primary amides is 1. The van der Waals surface area contributed by atoms with Gasteiger partial charge in [-0.15, -0.1) is 0 Å². The third-order valence-electron chi connectivity index (χ3n) is 2.67. The van der Waals surface area contributed by atoms with Gasteiger partial charge >= 0.3 is 0 Å². The molecule has 14 heavy (non-hydrogen) atoms. The summed E-state index contributed by atoms with van der Waals surface area (Å²) >= 11 is 0. The van der Waals surface area contributed by atoms with Gasteiger partial charge in [0, 0.05) is 0 Å². The Hall–Kier alpha value is -1.31. The molecule has 2 nitrogen and oxygen atoms in total. The molecule has 0 aromatic heterocycles. The van der Waals surface area contributed by atoms with Gasteiger partial charge in [-0.25, -0.2) is 0 Å². The van der Waals surface area contributed by atoms with Crippen molar-refractivity contribution in [3.05, 3.63) is 35.4 Å². The predicted octanol–water partition coefficient (Wildman–Crippen LogP) is 2.01. The fourth-order valence-corrected chi connectivity index (χ4v) is 1.32. The highest BCUT2D eigenvalue weighted by molar-refractivity contribution is 5.85.